The van der Waals surface area contributed by atoms with E-state index in [1.807, 2.05) is 0 Å². The van der Waals surface area contributed by atoms with Gasteiger partial charge in [0.15, 0.2) is 0 Å². The van der Waals surface area contributed by atoms with Gasteiger partial charge in [-0.05, 0) is 50.1 Å². The fourth-order valence-electron chi connectivity index (χ4n) is 1.29. The molecule has 0 radical (unpaired) electrons. The summed E-state index contributed by atoms with van der Waals surface area (Å²) in [5.74, 6) is -1.40. The average molecular weight is 406 g/mol. The Labute approximate surface area is 128 Å². The van der Waals surface area contributed by atoms with Gasteiger partial charge in [-0.1, -0.05) is 0 Å². The van der Waals surface area contributed by atoms with Crippen LogP contribution in [0.25, 0.3) is 0 Å². The Balaban J connectivity index is 2.15. The third kappa shape index (κ3) is 3.40. The molecule has 0 aromatic carbocycles. The zero-order valence-electron chi connectivity index (χ0n) is 9.18. The second kappa shape index (κ2) is 5.81. The molecule has 0 fully saturated rings. The van der Waals surface area contributed by atoms with Crippen molar-refractivity contribution in [3.63, 3.8) is 0 Å². The van der Waals surface area contributed by atoms with Crippen LogP contribution in [0.1, 0.15) is 20.8 Å². The number of aromatic nitrogens is 1. The van der Waals surface area contributed by atoms with Crippen LogP contribution in [-0.4, -0.2) is 22.0 Å². The predicted octanol–water partition coefficient (Wildman–Crippen LogP) is 3.62. The number of aromatic carboxylic acids is 1. The number of nitrogens with one attached hydrogen (secondary N) is 1. The zero-order chi connectivity index (χ0) is 14.0. The lowest BCUT2D eigenvalue weighted by atomic mass is 10.3. The van der Waals surface area contributed by atoms with E-state index in [2.05, 4.69) is 42.2 Å². The molecule has 2 N–H and O–H groups in total. The summed E-state index contributed by atoms with van der Waals surface area (Å²) in [7, 11) is 0. The van der Waals surface area contributed by atoms with Gasteiger partial charge in [0, 0.05) is 0 Å². The molecule has 0 aliphatic heterocycles. The first-order valence-electron chi connectivity index (χ1n) is 4.93. The fraction of sp³-hybridized carbons (Fsp3) is 0. The normalized spacial score (nSPS) is 10.2. The van der Waals surface area contributed by atoms with Crippen LogP contribution >= 0.6 is 43.2 Å². The molecule has 1 amide bonds. The molecule has 0 aliphatic carbocycles. The highest BCUT2D eigenvalue weighted by Crippen LogP contribution is 2.32. The molecule has 19 heavy (non-hydrogen) atoms. The van der Waals surface area contributed by atoms with Gasteiger partial charge in [0.1, 0.15) is 5.69 Å². The minimum atomic E-state index is -1.11. The Bertz CT molecular complexity index is 640. The number of carbonyl (C=O) groups excluding carboxylic acids is 1. The number of halogens is 2. The third-order valence-electron chi connectivity index (χ3n) is 2.14. The molecule has 0 spiro atoms. The number of thiophene rings is 1. The Kier molecular flexibility index (Phi) is 4.33. The Morgan fingerprint density at radius 1 is 1.32 bits per heavy atom. The highest BCUT2D eigenvalue weighted by molar-refractivity contribution is 9.12. The maximum Gasteiger partial charge on any atom is 0.354 e. The number of pyridine rings is 1. The fourth-order valence-corrected chi connectivity index (χ4v) is 4.08. The van der Waals surface area contributed by atoms with E-state index in [9.17, 15) is 9.59 Å². The number of amides is 1. The van der Waals surface area contributed by atoms with Gasteiger partial charge in [-0.15, -0.1) is 11.3 Å². The van der Waals surface area contributed by atoms with E-state index < -0.39 is 5.97 Å². The minimum absolute atomic E-state index is 0.0718. The van der Waals surface area contributed by atoms with Gasteiger partial charge in [-0.3, -0.25) is 4.79 Å². The quantitative estimate of drug-likeness (QED) is 0.817. The van der Waals surface area contributed by atoms with Crippen molar-refractivity contribution < 1.29 is 14.7 Å². The molecule has 5 nitrogen and oxygen atoms in total. The average Bonchev–Trinajstić information content (AvgIpc) is 2.69. The largest absolute Gasteiger partial charge is 0.477 e. The number of nitrogens with zero attached hydrogens (tertiary/aromatic N) is 1. The van der Waals surface area contributed by atoms with E-state index in [0.717, 1.165) is 3.79 Å². The maximum absolute atomic E-state index is 12.0. The van der Waals surface area contributed by atoms with Crippen molar-refractivity contribution in [1.82, 2.24) is 4.98 Å². The lowest BCUT2D eigenvalue weighted by Crippen LogP contribution is -2.12. The van der Waals surface area contributed by atoms with Gasteiger partial charge in [0.05, 0.1) is 25.0 Å². The lowest BCUT2D eigenvalue weighted by molar-refractivity contribution is 0.0690. The highest BCUT2D eigenvalue weighted by atomic mass is 79.9. The maximum atomic E-state index is 12.0. The molecule has 0 atom stereocenters. The van der Waals surface area contributed by atoms with Gasteiger partial charge < -0.3 is 10.4 Å². The highest BCUT2D eigenvalue weighted by Gasteiger charge is 2.14. The van der Waals surface area contributed by atoms with E-state index in [0.29, 0.717) is 15.0 Å². The van der Waals surface area contributed by atoms with Crippen molar-refractivity contribution in [3.8, 4) is 0 Å². The van der Waals surface area contributed by atoms with Crippen molar-refractivity contribution in [2.75, 3.05) is 5.32 Å². The molecule has 0 saturated carbocycles. The molecule has 2 heterocycles. The van der Waals surface area contributed by atoms with E-state index in [1.54, 1.807) is 6.07 Å². The van der Waals surface area contributed by atoms with E-state index >= 15 is 0 Å². The number of hydrogen-bond donors (Lipinski definition) is 2. The number of hydrogen-bond acceptors (Lipinski definition) is 4. The molecule has 2 aromatic heterocycles. The number of rotatable bonds is 3. The number of carbonyl (C=O) groups is 2. The standard InChI is InChI=1S/C11H6Br2N2O3S/c12-8-3-6(9(13)19-8)10(16)15-5-1-2-7(11(17)18)14-4-5/h1-4H,(H,15,16)(H,17,18). The van der Waals surface area contributed by atoms with Crippen molar-refractivity contribution in [1.29, 1.82) is 0 Å². The van der Waals surface area contributed by atoms with Gasteiger partial charge in [0.2, 0.25) is 0 Å². The smallest absolute Gasteiger partial charge is 0.354 e. The van der Waals surface area contributed by atoms with E-state index in [4.69, 9.17) is 5.11 Å². The predicted molar refractivity (Wildman–Crippen MR) is 78.9 cm³/mol. The van der Waals surface area contributed by atoms with Crippen molar-refractivity contribution in [3.05, 3.63) is 43.2 Å². The van der Waals surface area contributed by atoms with E-state index in [1.165, 1.54) is 29.7 Å². The van der Waals surface area contributed by atoms with Crippen LogP contribution in [0, 0.1) is 0 Å². The molecular formula is C11H6Br2N2O3S. The molecular weight excluding hydrogens is 400 g/mol. The Morgan fingerprint density at radius 3 is 2.53 bits per heavy atom. The summed E-state index contributed by atoms with van der Waals surface area (Å²) in [6.45, 7) is 0. The summed E-state index contributed by atoms with van der Waals surface area (Å²) in [6, 6.07) is 4.52. The third-order valence-corrected chi connectivity index (χ3v) is 4.48. The van der Waals surface area contributed by atoms with E-state index in [-0.39, 0.29) is 11.6 Å². The van der Waals surface area contributed by atoms with Gasteiger partial charge in [-0.2, -0.15) is 0 Å². The number of carboxylic acids is 1. The summed E-state index contributed by atoms with van der Waals surface area (Å²) < 4.78 is 1.55. The van der Waals surface area contributed by atoms with Crippen LogP contribution in [-0.2, 0) is 0 Å². The molecule has 98 valence electrons. The van der Waals surface area contributed by atoms with Crippen LogP contribution in [0.2, 0.25) is 0 Å². The van der Waals surface area contributed by atoms with Crippen LogP contribution < -0.4 is 5.32 Å². The Hall–Kier alpha value is -1.25. The Morgan fingerprint density at radius 2 is 2.05 bits per heavy atom. The summed E-state index contributed by atoms with van der Waals surface area (Å²) in [4.78, 5) is 26.3. The first kappa shape index (κ1) is 14.2. The monoisotopic (exact) mass is 404 g/mol. The van der Waals surface area contributed by atoms with Crippen LogP contribution in [0.15, 0.2) is 32.0 Å². The van der Waals surface area contributed by atoms with Gasteiger partial charge in [0.25, 0.3) is 5.91 Å². The van der Waals surface area contributed by atoms with Crippen molar-refractivity contribution in [2.45, 2.75) is 0 Å². The minimum Gasteiger partial charge on any atom is -0.477 e. The zero-order valence-corrected chi connectivity index (χ0v) is 13.2. The van der Waals surface area contributed by atoms with Gasteiger partial charge in [-0.25, -0.2) is 9.78 Å². The van der Waals surface area contributed by atoms with Crippen molar-refractivity contribution >= 4 is 60.8 Å². The van der Waals surface area contributed by atoms with Crippen LogP contribution in [0.4, 0.5) is 5.69 Å². The molecule has 0 bridgehead atoms. The molecule has 0 unspecified atom stereocenters. The first-order chi connectivity index (χ1) is 8.97. The second-order valence-corrected chi connectivity index (χ2v) is 7.18. The molecule has 8 heteroatoms. The molecule has 0 aliphatic rings. The first-order valence-corrected chi connectivity index (χ1v) is 7.33. The summed E-state index contributed by atoms with van der Waals surface area (Å²) in [5.41, 5.74) is 0.862. The SMILES string of the molecule is O=C(O)c1ccc(NC(=O)c2cc(Br)sc2Br)cn1. The molecule has 2 aromatic rings. The topological polar surface area (TPSA) is 79.3 Å². The number of carboxylic acid groups (broad SMARTS) is 1. The van der Waals surface area contributed by atoms with Gasteiger partial charge >= 0.3 is 5.97 Å². The summed E-state index contributed by atoms with van der Waals surface area (Å²) >= 11 is 7.98. The lowest BCUT2D eigenvalue weighted by Gasteiger charge is -2.04. The number of anilines is 1. The van der Waals surface area contributed by atoms with Crippen LogP contribution in [0.5, 0.6) is 0 Å². The van der Waals surface area contributed by atoms with Crippen LogP contribution in [0.3, 0.4) is 0 Å². The molecule has 0 saturated heterocycles. The second-order valence-electron chi connectivity index (χ2n) is 3.43. The van der Waals surface area contributed by atoms with Crippen molar-refractivity contribution in [2.24, 2.45) is 0 Å². The molecule has 2 rings (SSSR count). The summed E-state index contributed by atoms with van der Waals surface area (Å²) in [6.07, 6.45) is 1.30. The summed E-state index contributed by atoms with van der Waals surface area (Å²) in [5, 5.41) is 11.4.